The van der Waals surface area contributed by atoms with Crippen LogP contribution in [0.4, 0.5) is 0 Å². The summed E-state index contributed by atoms with van der Waals surface area (Å²) in [5, 5.41) is 19.5. The van der Waals surface area contributed by atoms with Crippen LogP contribution >= 0.6 is 101 Å². The highest BCUT2D eigenvalue weighted by molar-refractivity contribution is 9.10. The number of Topliss-reactive ketones (excluding diaryl/α,β-unsaturated/α-hetero) is 1. The van der Waals surface area contributed by atoms with E-state index >= 15 is 0 Å². The first-order valence-electron chi connectivity index (χ1n) is 35.2. The van der Waals surface area contributed by atoms with Gasteiger partial charge in [0.2, 0.25) is 0 Å². The lowest BCUT2D eigenvalue weighted by atomic mass is 9.97. The lowest BCUT2D eigenvalue weighted by Crippen LogP contribution is -2.24. The molecule has 6 N–H and O–H groups in total. The topological polar surface area (TPSA) is 262 Å². The maximum atomic E-state index is 12.4. The van der Waals surface area contributed by atoms with E-state index in [0.717, 1.165) is 59.3 Å². The predicted octanol–water partition coefficient (Wildman–Crippen LogP) is 25.4. The fourth-order valence-corrected chi connectivity index (χ4v) is 11.8. The maximum Gasteiger partial charge on any atom is 0.340 e. The number of ketones is 1. The molecule has 0 amide bonds. The number of carbonyl (C=O) groups excluding carboxylic acids is 4. The molecule has 16 nitrogen and oxygen atoms in total. The van der Waals surface area contributed by atoms with Crippen LogP contribution in [0.25, 0.3) is 5.57 Å². The number of aromatic amines is 2. The normalized spacial score (nSPS) is 10.7. The highest BCUT2D eigenvalue weighted by atomic mass is 79.9. The van der Waals surface area contributed by atoms with Crippen LogP contribution in [0, 0.1) is 27.7 Å². The molecule has 8 aromatic rings. The Labute approximate surface area is 701 Å². The molecule has 0 bridgehead atoms. The molecule has 0 atom stereocenters. The number of hydrogen-bond donors (Lipinski definition) is 5. The molecule has 24 heteroatoms. The molecule has 602 valence electrons. The number of ether oxygens (including phenoxy) is 3. The van der Waals surface area contributed by atoms with Crippen molar-refractivity contribution in [2.45, 2.75) is 206 Å². The van der Waals surface area contributed by atoms with Crippen LogP contribution in [0.15, 0.2) is 159 Å². The Balaban J connectivity index is 0.000000650. The summed E-state index contributed by atoms with van der Waals surface area (Å²) in [5.74, 6) is -2.10. The first-order valence-corrected chi connectivity index (χ1v) is 39.0. The molecular weight excluding hydrogens is 1670 g/mol. The van der Waals surface area contributed by atoms with Gasteiger partial charge in [0.05, 0.1) is 58.0 Å². The number of aromatic carboxylic acids is 2. The van der Waals surface area contributed by atoms with Gasteiger partial charge in [-0.15, -0.1) is 6.58 Å². The molecule has 0 spiro atoms. The Hall–Kier alpha value is -7.62. The molecule has 0 aliphatic heterocycles. The van der Waals surface area contributed by atoms with E-state index in [0.29, 0.717) is 89.2 Å². The molecule has 0 radical (unpaired) electrons. The summed E-state index contributed by atoms with van der Waals surface area (Å²) in [4.78, 5) is 97.5. The van der Waals surface area contributed by atoms with Crippen LogP contribution in [-0.2, 0) is 27.2 Å². The van der Waals surface area contributed by atoms with Gasteiger partial charge in [0.25, 0.3) is 11.1 Å². The molecule has 6 aromatic carbocycles. The standard InChI is InChI=1S/C19H22ClNO2.C14H19ClO2.C14H17ClO2.C11H12BrClO2.C10H11ClO2.C8H12N2O.C7H4BrClO2.C4H8/c1-11(2)14-5-6-16(17(20)10-14)18(22)8-7-15-12(3)9-13(4)21-19(15)23;2*1-9(2)10-6-7-11(12(15)8-10)13(16)17-14(3,4)5;1-11(2,3)15-10(14)8-5-4-7(12)6-9(8)13;1-6(2)7-3-4-8(10(12)13)9(11)5-7;1-5-3-6(2)10-8(11)7(5)4-9;8-4-1-2-5(7(10)11)6(9)3-4;1-4(2)3/h5-6,9-11H,7-8H2,1-4H3,(H,21,23);6-9H,1-5H3;6-8H,1H2,2-5H3;4-6H,1-3H3;3-6H,1-2H3,(H,12,13);3H,4,9H2,1-2H3,(H,10,11);1-3H,(H,10,11);1H2,2-3H3. The Morgan fingerprint density at radius 2 is 0.721 bits per heavy atom. The van der Waals surface area contributed by atoms with Crippen LogP contribution in [0.1, 0.15) is 267 Å². The van der Waals surface area contributed by atoms with Crippen molar-refractivity contribution in [3.8, 4) is 0 Å². The van der Waals surface area contributed by atoms with Gasteiger partial charge >= 0.3 is 29.8 Å². The van der Waals surface area contributed by atoms with Gasteiger partial charge in [-0.3, -0.25) is 14.4 Å². The van der Waals surface area contributed by atoms with Crippen LogP contribution in [0.5, 0.6) is 0 Å². The average Bonchev–Trinajstić information content (AvgIpc) is 0.856. The zero-order valence-corrected chi connectivity index (χ0v) is 75.0. The first kappa shape index (κ1) is 101. The van der Waals surface area contributed by atoms with Gasteiger partial charge in [-0.25, -0.2) is 24.0 Å². The number of carbonyl (C=O) groups is 6. The fraction of sp³-hybridized carbons (Fsp3) is 0.356. The Morgan fingerprint density at radius 3 is 0.991 bits per heavy atom. The highest BCUT2D eigenvalue weighted by Crippen LogP contribution is 2.30. The number of aromatic nitrogens is 2. The van der Waals surface area contributed by atoms with E-state index in [1.54, 1.807) is 72.8 Å². The molecule has 0 aliphatic carbocycles. The van der Waals surface area contributed by atoms with E-state index in [2.05, 4.69) is 82.7 Å². The quantitative estimate of drug-likeness (QED) is 0.0294. The van der Waals surface area contributed by atoms with E-state index in [1.807, 2.05) is 167 Å². The summed E-state index contributed by atoms with van der Waals surface area (Å²) >= 11 is 42.2. The second-order valence-corrected chi connectivity index (χ2v) is 34.0. The second kappa shape index (κ2) is 47.2. The highest BCUT2D eigenvalue weighted by Gasteiger charge is 2.24. The van der Waals surface area contributed by atoms with Crippen LogP contribution in [0.3, 0.4) is 0 Å². The number of nitrogens with two attached hydrogens (primary N) is 1. The van der Waals surface area contributed by atoms with E-state index in [-0.39, 0.29) is 45.4 Å². The summed E-state index contributed by atoms with van der Waals surface area (Å²) in [6.07, 6.45) is 0.691. The van der Waals surface area contributed by atoms with E-state index in [1.165, 1.54) is 11.6 Å². The van der Waals surface area contributed by atoms with Crippen LogP contribution in [-0.4, -0.2) is 72.6 Å². The summed E-state index contributed by atoms with van der Waals surface area (Å²) < 4.78 is 17.4. The monoisotopic (exact) mass is 1770 g/mol. The minimum absolute atomic E-state index is 0.0373. The van der Waals surface area contributed by atoms with Crippen molar-refractivity contribution in [3.63, 3.8) is 0 Å². The molecular formula is C87H105Br2Cl6N3O13. The van der Waals surface area contributed by atoms with Gasteiger partial charge in [-0.2, -0.15) is 0 Å². The number of carboxylic acid groups (broad SMARTS) is 2. The summed E-state index contributed by atoms with van der Waals surface area (Å²) in [7, 11) is 0. The van der Waals surface area contributed by atoms with Crippen molar-refractivity contribution in [1.82, 2.24) is 9.97 Å². The number of H-pyrrole nitrogens is 2. The summed E-state index contributed by atoms with van der Waals surface area (Å²) in [6.45, 7) is 49.8. The van der Waals surface area contributed by atoms with Crippen molar-refractivity contribution in [2.75, 3.05) is 0 Å². The number of aryl methyl sites for hydroxylation is 4. The number of allylic oxidation sites excluding steroid dienone is 2. The number of hydrogen-bond acceptors (Lipinski definition) is 12. The fourth-order valence-electron chi connectivity index (χ4n) is 9.20. The number of benzene rings is 6. The molecule has 2 aromatic heterocycles. The lowest BCUT2D eigenvalue weighted by Gasteiger charge is -2.20. The Morgan fingerprint density at radius 1 is 0.441 bits per heavy atom. The number of halogens is 8. The SMILES string of the molecule is C=C(C)C.C=C(C)c1ccc(C(=O)OC(C)(C)C)c(Cl)c1.CC(C)(C)OC(=O)c1ccc(Br)cc1Cl.CC(C)c1ccc(C(=O)O)c(Cl)c1.CC(C)c1ccc(C(=O)OC(C)(C)C)c(Cl)c1.Cc1cc(C)c(CCC(=O)c2ccc(C(C)C)cc2Cl)c(=O)[nH]1.Cc1cc(C)c(CN)c(=O)[nH]1.O=C(O)c1ccc(Br)cc1Cl. The van der Waals surface area contributed by atoms with Crippen LogP contribution < -0.4 is 16.9 Å². The molecule has 0 aliphatic rings. The minimum Gasteiger partial charge on any atom is -0.478 e. The second-order valence-electron chi connectivity index (χ2n) is 29.7. The molecule has 8 rings (SSSR count). The Kier molecular flexibility index (Phi) is 43.1. The average molecular weight is 1770 g/mol. The number of pyridine rings is 2. The van der Waals surface area contributed by atoms with Gasteiger partial charge in [0.1, 0.15) is 16.8 Å². The third kappa shape index (κ3) is 38.2. The lowest BCUT2D eigenvalue weighted by molar-refractivity contribution is 0.00571. The third-order valence-corrected chi connectivity index (χ3v) is 17.6. The summed E-state index contributed by atoms with van der Waals surface area (Å²) in [5.41, 5.74) is 16.9. The van der Waals surface area contributed by atoms with E-state index in [4.69, 9.17) is 99.8 Å². The maximum absolute atomic E-state index is 12.4. The zero-order valence-electron chi connectivity index (χ0n) is 67.3. The molecule has 0 unspecified atom stereocenters. The molecule has 2 heterocycles. The number of esters is 3. The minimum atomic E-state index is -1.01. The van der Waals surface area contributed by atoms with Gasteiger partial charge < -0.3 is 40.1 Å². The predicted molar refractivity (Wildman–Crippen MR) is 465 cm³/mol. The number of nitrogens with one attached hydrogen (secondary N) is 2. The molecule has 0 saturated heterocycles. The molecule has 0 saturated carbocycles. The van der Waals surface area contributed by atoms with Gasteiger partial charge in [0, 0.05) is 50.0 Å². The van der Waals surface area contributed by atoms with Crippen molar-refractivity contribution in [3.05, 3.63) is 289 Å². The molecule has 0 fully saturated rings. The van der Waals surface area contributed by atoms with E-state index in [9.17, 15) is 38.4 Å². The third-order valence-electron chi connectivity index (χ3n) is 14.7. The van der Waals surface area contributed by atoms with Gasteiger partial charge in [0.15, 0.2) is 5.78 Å². The molecule has 111 heavy (non-hydrogen) atoms. The van der Waals surface area contributed by atoms with Crippen LogP contribution in [0.2, 0.25) is 30.1 Å². The van der Waals surface area contributed by atoms with E-state index < -0.39 is 40.7 Å². The largest absolute Gasteiger partial charge is 0.478 e. The Bertz CT molecular complexity index is 4690. The zero-order chi connectivity index (χ0) is 85.7. The summed E-state index contributed by atoms with van der Waals surface area (Å²) in [6, 6.07) is 34.8. The number of carboxylic acids is 2. The smallest absolute Gasteiger partial charge is 0.340 e. The first-order chi connectivity index (χ1) is 51.0. The number of rotatable bonds is 14. The van der Waals surface area contributed by atoms with Crippen molar-refractivity contribution in [2.24, 2.45) is 5.73 Å². The van der Waals surface area contributed by atoms with Crippen molar-refractivity contribution in [1.29, 1.82) is 0 Å². The van der Waals surface area contributed by atoms with Crippen molar-refractivity contribution >= 4 is 143 Å². The van der Waals surface area contributed by atoms with Gasteiger partial charge in [-0.05, 0) is 265 Å². The van der Waals surface area contributed by atoms with Crippen molar-refractivity contribution < 1.29 is 53.2 Å². The van der Waals surface area contributed by atoms with Gasteiger partial charge in [-0.1, -0.05) is 185 Å².